The zero-order valence-electron chi connectivity index (χ0n) is 5.90. The highest BCUT2D eigenvalue weighted by Crippen LogP contribution is 1.88. The van der Waals surface area contributed by atoms with Gasteiger partial charge in [0.15, 0.2) is 0 Å². The Kier molecular flexibility index (Phi) is 3.32. The molecule has 0 aromatic carbocycles. The predicted molar refractivity (Wildman–Crippen MR) is 45.4 cm³/mol. The van der Waals surface area contributed by atoms with Crippen LogP contribution in [0.5, 0.6) is 0 Å². The summed E-state index contributed by atoms with van der Waals surface area (Å²) in [5, 5.41) is 0. The van der Waals surface area contributed by atoms with Crippen molar-refractivity contribution < 1.29 is 0 Å². The minimum absolute atomic E-state index is 0.786. The summed E-state index contributed by atoms with van der Waals surface area (Å²) >= 11 is 0. The van der Waals surface area contributed by atoms with Crippen LogP contribution < -0.4 is 0 Å². The molecule has 0 aliphatic carbocycles. The van der Waals surface area contributed by atoms with E-state index < -0.39 is 0 Å². The summed E-state index contributed by atoms with van der Waals surface area (Å²) < 4.78 is 0. The van der Waals surface area contributed by atoms with Crippen molar-refractivity contribution in [2.45, 2.75) is 6.42 Å². The molecule has 0 radical (unpaired) electrons. The third-order valence-corrected chi connectivity index (χ3v) is 1.19. The normalized spacial score (nSPS) is 30.4. The van der Waals surface area contributed by atoms with Crippen molar-refractivity contribution in [3.8, 4) is 0 Å². The van der Waals surface area contributed by atoms with Gasteiger partial charge >= 0.3 is 0 Å². The first-order valence-corrected chi connectivity index (χ1v) is 3.47. The lowest BCUT2D eigenvalue weighted by atomic mass is 10.3. The Labute approximate surface area is 61.5 Å². The van der Waals surface area contributed by atoms with E-state index in [1.807, 2.05) is 30.5 Å². The van der Waals surface area contributed by atoms with Crippen LogP contribution in [0.4, 0.5) is 0 Å². The lowest BCUT2D eigenvalue weighted by molar-refractivity contribution is 1.25. The second kappa shape index (κ2) is 4.74. The largest absolute Gasteiger partial charge is 0.289 e. The van der Waals surface area contributed by atoms with E-state index in [0.717, 1.165) is 13.0 Å². The van der Waals surface area contributed by atoms with Gasteiger partial charge in [0, 0.05) is 6.21 Å². The molecule has 52 valence electrons. The van der Waals surface area contributed by atoms with Crippen molar-refractivity contribution in [2.75, 3.05) is 6.54 Å². The van der Waals surface area contributed by atoms with Gasteiger partial charge in [-0.3, -0.25) is 4.99 Å². The molecule has 0 amide bonds. The molecule has 0 saturated carbocycles. The van der Waals surface area contributed by atoms with E-state index in [2.05, 4.69) is 17.1 Å². The van der Waals surface area contributed by atoms with E-state index in [1.165, 1.54) is 0 Å². The van der Waals surface area contributed by atoms with Gasteiger partial charge in [0.1, 0.15) is 0 Å². The summed E-state index contributed by atoms with van der Waals surface area (Å²) in [6.45, 7) is 0.786. The molecule has 0 atom stereocenters. The molecule has 0 bridgehead atoms. The topological polar surface area (TPSA) is 12.4 Å². The van der Waals surface area contributed by atoms with Crippen molar-refractivity contribution in [1.82, 2.24) is 0 Å². The maximum Gasteiger partial charge on any atom is 0.0573 e. The SMILES string of the molecule is C1=C\C/C=C\C=N/C\C=C/1. The molecule has 1 nitrogen and oxygen atoms in total. The van der Waals surface area contributed by atoms with Crippen molar-refractivity contribution in [3.05, 3.63) is 36.5 Å². The summed E-state index contributed by atoms with van der Waals surface area (Å²) in [6.07, 6.45) is 15.1. The van der Waals surface area contributed by atoms with Gasteiger partial charge in [0.05, 0.1) is 6.54 Å². The number of nitrogens with zero attached hydrogens (tertiary/aromatic N) is 1. The van der Waals surface area contributed by atoms with Gasteiger partial charge in [0.2, 0.25) is 0 Å². The molecule has 1 rings (SSSR count). The zero-order valence-corrected chi connectivity index (χ0v) is 5.90. The first kappa shape index (κ1) is 7.00. The number of rotatable bonds is 0. The fourth-order valence-electron chi connectivity index (χ4n) is 0.697. The molecule has 0 spiro atoms. The molecule has 1 heteroatoms. The van der Waals surface area contributed by atoms with Gasteiger partial charge in [-0.2, -0.15) is 0 Å². The van der Waals surface area contributed by atoms with Crippen LogP contribution in [-0.4, -0.2) is 12.8 Å². The third kappa shape index (κ3) is 3.02. The van der Waals surface area contributed by atoms with Gasteiger partial charge < -0.3 is 0 Å². The number of aliphatic imine (C=N–C) groups is 1. The van der Waals surface area contributed by atoms with E-state index in [1.54, 1.807) is 0 Å². The van der Waals surface area contributed by atoms with Gasteiger partial charge in [-0.15, -0.1) is 0 Å². The molecule has 1 heterocycles. The molecule has 1 aliphatic heterocycles. The Bertz CT molecular complexity index is 143. The van der Waals surface area contributed by atoms with Crippen LogP contribution in [0.3, 0.4) is 0 Å². The van der Waals surface area contributed by atoms with Gasteiger partial charge in [-0.1, -0.05) is 30.4 Å². The maximum absolute atomic E-state index is 4.10. The Morgan fingerprint density at radius 2 is 1.70 bits per heavy atom. The summed E-state index contributed by atoms with van der Waals surface area (Å²) in [5.74, 6) is 0. The summed E-state index contributed by atoms with van der Waals surface area (Å²) in [7, 11) is 0. The Morgan fingerprint density at radius 3 is 2.70 bits per heavy atom. The molecule has 0 N–H and O–H groups in total. The number of allylic oxidation sites excluding steroid dienone is 5. The van der Waals surface area contributed by atoms with Crippen LogP contribution in [0.2, 0.25) is 0 Å². The highest BCUT2D eigenvalue weighted by molar-refractivity contribution is 5.71. The highest BCUT2D eigenvalue weighted by atomic mass is 14.7. The van der Waals surface area contributed by atoms with E-state index in [9.17, 15) is 0 Å². The highest BCUT2D eigenvalue weighted by Gasteiger charge is 1.72. The van der Waals surface area contributed by atoms with Crippen LogP contribution in [-0.2, 0) is 0 Å². The van der Waals surface area contributed by atoms with E-state index >= 15 is 0 Å². The van der Waals surface area contributed by atoms with Crippen molar-refractivity contribution >= 4 is 6.21 Å². The first-order valence-electron chi connectivity index (χ1n) is 3.47. The Hall–Kier alpha value is -1.11. The van der Waals surface area contributed by atoms with Gasteiger partial charge in [-0.05, 0) is 12.5 Å². The van der Waals surface area contributed by atoms with Crippen LogP contribution in [0.1, 0.15) is 6.42 Å². The fraction of sp³-hybridized carbons (Fsp3) is 0.222. The van der Waals surface area contributed by atoms with Gasteiger partial charge in [-0.25, -0.2) is 0 Å². The molecule has 0 aromatic heterocycles. The zero-order chi connectivity index (χ0) is 7.07. The second-order valence-corrected chi connectivity index (χ2v) is 2.03. The standard InChI is InChI=1S/C9H11N/c1-2-4-6-8-10-9-7-5-3-1/h1-2,4-7,9H,3,8H2/b2-1-,6-4-,7-5-,10-9-. The molecular weight excluding hydrogens is 122 g/mol. The van der Waals surface area contributed by atoms with E-state index in [0.29, 0.717) is 0 Å². The van der Waals surface area contributed by atoms with E-state index in [-0.39, 0.29) is 0 Å². The number of hydrogen-bond donors (Lipinski definition) is 0. The van der Waals surface area contributed by atoms with Crippen molar-refractivity contribution in [3.63, 3.8) is 0 Å². The van der Waals surface area contributed by atoms with Gasteiger partial charge in [0.25, 0.3) is 0 Å². The molecule has 10 heavy (non-hydrogen) atoms. The molecule has 1 aliphatic rings. The molecule has 0 unspecified atom stereocenters. The van der Waals surface area contributed by atoms with Crippen molar-refractivity contribution in [1.29, 1.82) is 0 Å². The molecule has 0 saturated heterocycles. The van der Waals surface area contributed by atoms with Crippen LogP contribution in [0.15, 0.2) is 41.4 Å². The maximum atomic E-state index is 4.10. The second-order valence-electron chi connectivity index (χ2n) is 2.03. The summed E-state index contributed by atoms with van der Waals surface area (Å²) in [4.78, 5) is 4.10. The lowest BCUT2D eigenvalue weighted by Gasteiger charge is -1.84. The first-order chi connectivity index (χ1) is 5.00. The lowest BCUT2D eigenvalue weighted by Crippen LogP contribution is -1.73. The minimum Gasteiger partial charge on any atom is -0.289 e. The fourth-order valence-corrected chi connectivity index (χ4v) is 0.697. The summed E-state index contributed by atoms with van der Waals surface area (Å²) in [5.41, 5.74) is 0. The van der Waals surface area contributed by atoms with Crippen LogP contribution in [0, 0.1) is 0 Å². The molecule has 0 aromatic rings. The molecule has 0 fully saturated rings. The minimum atomic E-state index is 0.786. The smallest absolute Gasteiger partial charge is 0.0573 e. The van der Waals surface area contributed by atoms with Crippen LogP contribution >= 0.6 is 0 Å². The molecular formula is C9H11N. The predicted octanol–water partition coefficient (Wildman–Crippen LogP) is 2.13. The number of hydrogen-bond acceptors (Lipinski definition) is 1. The Morgan fingerprint density at radius 1 is 0.900 bits per heavy atom. The Balaban J connectivity index is 2.50. The van der Waals surface area contributed by atoms with E-state index in [4.69, 9.17) is 0 Å². The monoisotopic (exact) mass is 133 g/mol. The summed E-state index contributed by atoms with van der Waals surface area (Å²) in [6, 6.07) is 0. The quantitative estimate of drug-likeness (QED) is 0.480. The third-order valence-electron chi connectivity index (χ3n) is 1.19. The average Bonchev–Trinajstić information content (AvgIpc) is 2.01. The average molecular weight is 133 g/mol. The van der Waals surface area contributed by atoms with Crippen molar-refractivity contribution in [2.24, 2.45) is 4.99 Å². The van der Waals surface area contributed by atoms with Crippen LogP contribution in [0.25, 0.3) is 0 Å².